The Morgan fingerprint density at radius 1 is 1.07 bits per heavy atom. The van der Waals surface area contributed by atoms with E-state index in [1.807, 2.05) is 59.5 Å². The van der Waals surface area contributed by atoms with Crippen molar-refractivity contribution in [3.63, 3.8) is 0 Å². The number of carbonyl (C=O) groups excluding carboxylic acids is 1. The van der Waals surface area contributed by atoms with Crippen molar-refractivity contribution in [1.82, 2.24) is 4.90 Å². The lowest BCUT2D eigenvalue weighted by Gasteiger charge is -2.33. The van der Waals surface area contributed by atoms with Crippen LogP contribution in [-0.2, 0) is 9.47 Å². The predicted octanol–water partition coefficient (Wildman–Crippen LogP) is 3.46. The lowest BCUT2D eigenvalue weighted by atomic mass is 10.1. The molecule has 1 amide bonds. The van der Waals surface area contributed by atoms with Gasteiger partial charge in [-0.1, -0.05) is 36.4 Å². The van der Waals surface area contributed by atoms with Crippen LogP contribution >= 0.6 is 0 Å². The highest BCUT2D eigenvalue weighted by atomic mass is 16.5. The fourth-order valence-electron chi connectivity index (χ4n) is 3.57. The van der Waals surface area contributed by atoms with Gasteiger partial charge < -0.3 is 19.1 Å². The first-order chi connectivity index (χ1) is 13.3. The van der Waals surface area contributed by atoms with Gasteiger partial charge in [0.1, 0.15) is 18.5 Å². The summed E-state index contributed by atoms with van der Waals surface area (Å²) in [5, 5.41) is 0. The molecule has 2 aromatic rings. The van der Waals surface area contributed by atoms with Gasteiger partial charge in [0.15, 0.2) is 0 Å². The summed E-state index contributed by atoms with van der Waals surface area (Å²) in [6.45, 7) is 3.05. The molecule has 4 rings (SSSR count). The number of carbonyl (C=O) groups is 1. The molecular formula is C22H25NO4. The van der Waals surface area contributed by atoms with Crippen LogP contribution in [0.25, 0.3) is 0 Å². The smallest absolute Gasteiger partial charge is 0.254 e. The molecule has 2 fully saturated rings. The molecule has 2 aliphatic rings. The van der Waals surface area contributed by atoms with E-state index in [2.05, 4.69) is 0 Å². The van der Waals surface area contributed by atoms with Gasteiger partial charge >= 0.3 is 0 Å². The lowest BCUT2D eigenvalue weighted by Crippen LogP contribution is -2.42. The van der Waals surface area contributed by atoms with E-state index in [0.717, 1.165) is 25.0 Å². The molecular weight excluding hydrogens is 342 g/mol. The van der Waals surface area contributed by atoms with Gasteiger partial charge in [0.2, 0.25) is 0 Å². The summed E-state index contributed by atoms with van der Waals surface area (Å²) in [6, 6.07) is 17.5. The molecule has 0 unspecified atom stereocenters. The maximum Gasteiger partial charge on any atom is 0.254 e. The number of nitrogens with zero attached hydrogens (tertiary/aromatic N) is 1. The van der Waals surface area contributed by atoms with E-state index < -0.39 is 0 Å². The first kappa shape index (κ1) is 18.0. The van der Waals surface area contributed by atoms with Crippen molar-refractivity contribution >= 4 is 5.91 Å². The molecule has 2 heterocycles. The normalized spacial score (nSPS) is 22.6. The number of amides is 1. The van der Waals surface area contributed by atoms with Gasteiger partial charge in [0, 0.05) is 18.7 Å². The average molecular weight is 367 g/mol. The summed E-state index contributed by atoms with van der Waals surface area (Å²) < 4.78 is 17.3. The molecule has 5 heteroatoms. The molecule has 2 atom stereocenters. The van der Waals surface area contributed by atoms with Crippen LogP contribution in [0.4, 0.5) is 0 Å². The van der Waals surface area contributed by atoms with E-state index in [1.54, 1.807) is 0 Å². The van der Waals surface area contributed by atoms with Gasteiger partial charge in [0.05, 0.1) is 19.3 Å². The second kappa shape index (κ2) is 8.55. The maximum absolute atomic E-state index is 13.0. The Hall–Kier alpha value is -2.37. The van der Waals surface area contributed by atoms with Gasteiger partial charge in [-0.15, -0.1) is 0 Å². The van der Waals surface area contributed by atoms with Crippen molar-refractivity contribution in [2.24, 2.45) is 0 Å². The van der Waals surface area contributed by atoms with Gasteiger partial charge in [-0.2, -0.15) is 0 Å². The Kier molecular flexibility index (Phi) is 5.70. The molecule has 2 saturated heterocycles. The number of rotatable bonds is 5. The molecule has 2 aromatic carbocycles. The van der Waals surface area contributed by atoms with Crippen molar-refractivity contribution in [3.05, 3.63) is 65.7 Å². The largest absolute Gasteiger partial charge is 0.491 e. The van der Waals surface area contributed by atoms with Crippen molar-refractivity contribution in [1.29, 1.82) is 0 Å². The Labute approximate surface area is 159 Å². The quantitative estimate of drug-likeness (QED) is 0.812. The Bertz CT molecular complexity index is 758. The zero-order valence-corrected chi connectivity index (χ0v) is 15.4. The zero-order chi connectivity index (χ0) is 18.5. The molecule has 5 nitrogen and oxygen atoms in total. The number of hydrogen-bond acceptors (Lipinski definition) is 4. The Morgan fingerprint density at radius 2 is 1.96 bits per heavy atom. The summed E-state index contributed by atoms with van der Waals surface area (Å²) in [5.41, 5.74) is 1.75. The zero-order valence-electron chi connectivity index (χ0n) is 15.4. The number of ether oxygens (including phenoxy) is 3. The van der Waals surface area contributed by atoms with Gasteiger partial charge in [0.25, 0.3) is 5.91 Å². The molecule has 0 saturated carbocycles. The van der Waals surface area contributed by atoms with Gasteiger partial charge in [-0.25, -0.2) is 0 Å². The lowest BCUT2D eigenvalue weighted by molar-refractivity contribution is -0.0228. The van der Waals surface area contributed by atoms with Gasteiger partial charge in [-0.3, -0.25) is 4.79 Å². The second-order valence-corrected chi connectivity index (χ2v) is 7.00. The van der Waals surface area contributed by atoms with Crippen LogP contribution in [0.15, 0.2) is 54.6 Å². The topological polar surface area (TPSA) is 48.0 Å². The molecule has 142 valence electrons. The molecule has 0 aliphatic carbocycles. The van der Waals surface area contributed by atoms with Gasteiger partial charge in [-0.05, 0) is 36.6 Å². The Balaban J connectivity index is 1.40. The predicted molar refractivity (Wildman–Crippen MR) is 102 cm³/mol. The summed E-state index contributed by atoms with van der Waals surface area (Å²) in [4.78, 5) is 14.8. The number of morpholine rings is 1. The molecule has 0 radical (unpaired) electrons. The summed E-state index contributed by atoms with van der Waals surface area (Å²) >= 11 is 0. The Morgan fingerprint density at radius 3 is 2.78 bits per heavy atom. The summed E-state index contributed by atoms with van der Waals surface area (Å²) in [5.74, 6) is 0.728. The van der Waals surface area contributed by atoms with Crippen LogP contribution in [-0.4, -0.2) is 49.8 Å². The van der Waals surface area contributed by atoms with Crippen LogP contribution in [0, 0.1) is 0 Å². The van der Waals surface area contributed by atoms with Crippen LogP contribution < -0.4 is 4.74 Å². The minimum Gasteiger partial charge on any atom is -0.491 e. The first-order valence-corrected chi connectivity index (χ1v) is 9.60. The van der Waals surface area contributed by atoms with E-state index in [-0.39, 0.29) is 18.1 Å². The summed E-state index contributed by atoms with van der Waals surface area (Å²) in [7, 11) is 0. The van der Waals surface area contributed by atoms with Crippen LogP contribution in [0.3, 0.4) is 0 Å². The summed E-state index contributed by atoms with van der Waals surface area (Å²) in [6.07, 6.45) is 2.21. The third kappa shape index (κ3) is 4.49. The van der Waals surface area contributed by atoms with Crippen LogP contribution in [0.1, 0.15) is 34.9 Å². The minimum atomic E-state index is -0.0807. The highest BCUT2D eigenvalue weighted by Crippen LogP contribution is 2.24. The average Bonchev–Trinajstić information content (AvgIpc) is 3.26. The van der Waals surface area contributed by atoms with Crippen molar-refractivity contribution < 1.29 is 19.0 Å². The van der Waals surface area contributed by atoms with Crippen molar-refractivity contribution in [2.45, 2.75) is 25.0 Å². The third-order valence-electron chi connectivity index (χ3n) is 5.07. The van der Waals surface area contributed by atoms with Crippen LogP contribution in [0.2, 0.25) is 0 Å². The molecule has 2 aliphatic heterocycles. The fourth-order valence-corrected chi connectivity index (χ4v) is 3.57. The minimum absolute atomic E-state index is 0.0156. The van der Waals surface area contributed by atoms with E-state index in [9.17, 15) is 4.79 Å². The maximum atomic E-state index is 13.0. The molecule has 0 aromatic heterocycles. The third-order valence-corrected chi connectivity index (χ3v) is 5.07. The second-order valence-electron chi connectivity index (χ2n) is 7.00. The first-order valence-electron chi connectivity index (χ1n) is 9.60. The molecule has 0 bridgehead atoms. The fraction of sp³-hybridized carbons (Fsp3) is 0.409. The van der Waals surface area contributed by atoms with E-state index in [0.29, 0.717) is 37.6 Å². The highest BCUT2D eigenvalue weighted by molar-refractivity contribution is 5.94. The number of benzene rings is 2. The highest BCUT2D eigenvalue weighted by Gasteiger charge is 2.26. The van der Waals surface area contributed by atoms with Crippen molar-refractivity contribution in [2.75, 3.05) is 32.9 Å². The monoisotopic (exact) mass is 367 g/mol. The molecule has 27 heavy (non-hydrogen) atoms. The van der Waals surface area contributed by atoms with E-state index >= 15 is 0 Å². The molecule has 0 spiro atoms. The van der Waals surface area contributed by atoms with E-state index in [4.69, 9.17) is 14.2 Å². The van der Waals surface area contributed by atoms with Crippen molar-refractivity contribution in [3.8, 4) is 5.75 Å². The SMILES string of the molecule is O=C(c1cccc(OC[C@H]2CCCO2)c1)N1CCO[C@H](c2ccccc2)C1. The number of hydrogen-bond donors (Lipinski definition) is 0. The van der Waals surface area contributed by atoms with Crippen LogP contribution in [0.5, 0.6) is 5.75 Å². The standard InChI is InChI=1S/C22H25NO4/c24-22(23-11-13-26-21(15-23)17-6-2-1-3-7-17)18-8-4-9-19(14-18)27-16-20-10-5-12-25-20/h1-4,6-9,14,20-21H,5,10-13,15-16H2/t20-,21+/m1/s1. The molecule has 0 N–H and O–H groups in total. The van der Waals surface area contributed by atoms with E-state index in [1.165, 1.54) is 0 Å².